The van der Waals surface area contributed by atoms with Crippen LogP contribution in [0.5, 0.6) is 5.75 Å². The van der Waals surface area contributed by atoms with Crippen LogP contribution in [0.4, 0.5) is 13.2 Å². The van der Waals surface area contributed by atoms with E-state index in [-0.39, 0.29) is 5.75 Å². The van der Waals surface area contributed by atoms with Crippen molar-refractivity contribution in [2.75, 3.05) is 0 Å². The lowest BCUT2D eigenvalue weighted by atomic mass is 10.5. The number of alkyl halides is 3. The maximum Gasteiger partial charge on any atom is 0.573 e. The van der Waals surface area contributed by atoms with Crippen LogP contribution < -0.4 is 4.74 Å². The van der Waals surface area contributed by atoms with Crippen molar-refractivity contribution < 1.29 is 17.9 Å². The van der Waals surface area contributed by atoms with Crippen molar-refractivity contribution >= 4 is 22.6 Å². The van der Waals surface area contributed by atoms with Crippen molar-refractivity contribution in [3.8, 4) is 5.75 Å². The van der Waals surface area contributed by atoms with Gasteiger partial charge >= 0.3 is 6.36 Å². The molecule has 1 aromatic rings. The third kappa shape index (κ3) is 2.84. The zero-order valence-corrected chi connectivity index (χ0v) is 7.76. The standard InChI is InChI=1S/C6H3F3INO/c7-6(8,9)12-5-1-2-11-3-4(5)10/h1-3H. The molecule has 66 valence electrons. The van der Waals surface area contributed by atoms with Gasteiger partial charge < -0.3 is 4.74 Å². The Labute approximate surface area is 79.9 Å². The number of nitrogens with zero attached hydrogens (tertiary/aromatic N) is 1. The minimum absolute atomic E-state index is 0.224. The Hall–Kier alpha value is -0.530. The Morgan fingerprint density at radius 1 is 1.42 bits per heavy atom. The van der Waals surface area contributed by atoms with Crippen molar-refractivity contribution in [2.24, 2.45) is 0 Å². The highest BCUT2D eigenvalue weighted by atomic mass is 127. The van der Waals surface area contributed by atoms with Crippen LogP contribution in [-0.2, 0) is 0 Å². The maximum absolute atomic E-state index is 11.7. The summed E-state index contributed by atoms with van der Waals surface area (Å²) in [7, 11) is 0. The van der Waals surface area contributed by atoms with Gasteiger partial charge in [-0.3, -0.25) is 4.98 Å². The fourth-order valence-corrected chi connectivity index (χ4v) is 1.02. The van der Waals surface area contributed by atoms with Gasteiger partial charge in [-0.1, -0.05) is 0 Å². The Kier molecular flexibility index (Phi) is 2.76. The van der Waals surface area contributed by atoms with Gasteiger partial charge in [-0.15, -0.1) is 13.2 Å². The molecule has 0 saturated carbocycles. The van der Waals surface area contributed by atoms with Gasteiger partial charge in [0.15, 0.2) is 0 Å². The maximum atomic E-state index is 11.7. The number of aromatic nitrogens is 1. The normalized spacial score (nSPS) is 11.3. The minimum atomic E-state index is -4.64. The van der Waals surface area contributed by atoms with Gasteiger partial charge in [-0.2, -0.15) is 0 Å². The SMILES string of the molecule is FC(F)(F)Oc1ccncc1I. The van der Waals surface area contributed by atoms with E-state index < -0.39 is 6.36 Å². The highest BCUT2D eigenvalue weighted by Crippen LogP contribution is 2.26. The van der Waals surface area contributed by atoms with Crippen molar-refractivity contribution in [2.45, 2.75) is 6.36 Å². The molecule has 0 amide bonds. The summed E-state index contributed by atoms with van der Waals surface area (Å²) in [4.78, 5) is 3.62. The molecule has 0 aliphatic carbocycles. The molecule has 0 N–H and O–H groups in total. The molecule has 0 saturated heterocycles. The topological polar surface area (TPSA) is 22.1 Å². The Balaban J connectivity index is 2.83. The van der Waals surface area contributed by atoms with E-state index in [9.17, 15) is 13.2 Å². The van der Waals surface area contributed by atoms with Crippen LogP contribution in [0.2, 0.25) is 0 Å². The third-order valence-electron chi connectivity index (χ3n) is 0.961. The molecular weight excluding hydrogens is 286 g/mol. The van der Waals surface area contributed by atoms with Gasteiger partial charge in [0, 0.05) is 12.4 Å². The lowest BCUT2D eigenvalue weighted by Crippen LogP contribution is -2.17. The summed E-state index contributed by atoms with van der Waals surface area (Å²) in [5.41, 5.74) is 0. The lowest BCUT2D eigenvalue weighted by molar-refractivity contribution is -0.275. The minimum Gasteiger partial charge on any atom is -0.405 e. The summed E-state index contributed by atoms with van der Waals surface area (Å²) in [5.74, 6) is -0.224. The molecule has 0 fully saturated rings. The van der Waals surface area contributed by atoms with Crippen LogP contribution in [0.25, 0.3) is 0 Å². The number of hydrogen-bond donors (Lipinski definition) is 0. The third-order valence-corrected chi connectivity index (χ3v) is 1.77. The highest BCUT2D eigenvalue weighted by Gasteiger charge is 2.31. The van der Waals surface area contributed by atoms with Gasteiger partial charge in [0.25, 0.3) is 0 Å². The van der Waals surface area contributed by atoms with Crippen molar-refractivity contribution in [1.29, 1.82) is 0 Å². The molecule has 0 aliphatic heterocycles. The average Bonchev–Trinajstić information content (AvgIpc) is 1.91. The van der Waals surface area contributed by atoms with E-state index in [1.54, 1.807) is 22.6 Å². The van der Waals surface area contributed by atoms with Gasteiger partial charge in [-0.25, -0.2) is 0 Å². The van der Waals surface area contributed by atoms with Crippen LogP contribution in [0.3, 0.4) is 0 Å². The molecule has 0 radical (unpaired) electrons. The zero-order chi connectivity index (χ0) is 9.19. The fourth-order valence-electron chi connectivity index (χ4n) is 0.570. The van der Waals surface area contributed by atoms with Crippen LogP contribution in [-0.4, -0.2) is 11.3 Å². The van der Waals surface area contributed by atoms with E-state index in [1.807, 2.05) is 0 Å². The second-order valence-corrected chi connectivity index (χ2v) is 3.02. The van der Waals surface area contributed by atoms with Crippen molar-refractivity contribution in [1.82, 2.24) is 4.98 Å². The monoisotopic (exact) mass is 289 g/mol. The number of hydrogen-bond acceptors (Lipinski definition) is 2. The first-order chi connectivity index (χ1) is 5.49. The smallest absolute Gasteiger partial charge is 0.405 e. The molecule has 0 bridgehead atoms. The van der Waals surface area contributed by atoms with E-state index in [1.165, 1.54) is 12.4 Å². The Morgan fingerprint density at radius 2 is 2.08 bits per heavy atom. The molecule has 1 heterocycles. The molecule has 0 atom stereocenters. The summed E-state index contributed by atoms with van der Waals surface area (Å²) in [6.07, 6.45) is -2.11. The summed E-state index contributed by atoms with van der Waals surface area (Å²) >= 11 is 1.71. The molecule has 0 unspecified atom stereocenters. The first-order valence-electron chi connectivity index (χ1n) is 2.84. The Bertz CT molecular complexity index is 276. The van der Waals surface area contributed by atoms with Crippen LogP contribution in [0.1, 0.15) is 0 Å². The summed E-state index contributed by atoms with van der Waals surface area (Å²) in [6, 6.07) is 1.16. The number of halogens is 4. The molecule has 6 heteroatoms. The van der Waals surface area contributed by atoms with Gasteiger partial charge in [0.2, 0.25) is 0 Å². The van der Waals surface area contributed by atoms with Gasteiger partial charge in [0.1, 0.15) is 5.75 Å². The van der Waals surface area contributed by atoms with E-state index in [2.05, 4.69) is 9.72 Å². The first kappa shape index (κ1) is 9.56. The summed E-state index contributed by atoms with van der Waals surface area (Å²) < 4.78 is 39.0. The molecule has 1 aromatic heterocycles. The van der Waals surface area contributed by atoms with Crippen LogP contribution in [0.15, 0.2) is 18.5 Å². The van der Waals surface area contributed by atoms with Crippen LogP contribution >= 0.6 is 22.6 Å². The van der Waals surface area contributed by atoms with Gasteiger partial charge in [0.05, 0.1) is 3.57 Å². The molecule has 0 aromatic carbocycles. The zero-order valence-electron chi connectivity index (χ0n) is 5.60. The average molecular weight is 289 g/mol. The van der Waals surface area contributed by atoms with Gasteiger partial charge in [-0.05, 0) is 28.7 Å². The number of ether oxygens (including phenoxy) is 1. The summed E-state index contributed by atoms with van der Waals surface area (Å²) in [5, 5.41) is 0. The first-order valence-corrected chi connectivity index (χ1v) is 3.92. The van der Waals surface area contributed by atoms with Crippen molar-refractivity contribution in [3.63, 3.8) is 0 Å². The molecule has 0 spiro atoms. The van der Waals surface area contributed by atoms with E-state index in [0.29, 0.717) is 3.57 Å². The summed E-state index contributed by atoms with van der Waals surface area (Å²) in [6.45, 7) is 0. The molecule has 1 rings (SSSR count). The largest absolute Gasteiger partial charge is 0.573 e. The van der Waals surface area contributed by atoms with E-state index >= 15 is 0 Å². The molecular formula is C6H3F3INO. The lowest BCUT2D eigenvalue weighted by Gasteiger charge is -2.09. The molecule has 2 nitrogen and oxygen atoms in total. The Morgan fingerprint density at radius 3 is 2.58 bits per heavy atom. The second kappa shape index (κ2) is 3.46. The predicted octanol–water partition coefficient (Wildman–Crippen LogP) is 2.58. The van der Waals surface area contributed by atoms with E-state index in [0.717, 1.165) is 6.07 Å². The van der Waals surface area contributed by atoms with E-state index in [4.69, 9.17) is 0 Å². The second-order valence-electron chi connectivity index (χ2n) is 1.85. The highest BCUT2D eigenvalue weighted by molar-refractivity contribution is 14.1. The molecule has 12 heavy (non-hydrogen) atoms. The van der Waals surface area contributed by atoms with Crippen molar-refractivity contribution in [3.05, 3.63) is 22.0 Å². The predicted molar refractivity (Wildman–Crippen MR) is 43.6 cm³/mol. The number of rotatable bonds is 1. The van der Waals surface area contributed by atoms with Crippen LogP contribution in [0, 0.1) is 3.57 Å². The fraction of sp³-hybridized carbons (Fsp3) is 0.167. The quantitative estimate of drug-likeness (QED) is 0.741. The molecule has 0 aliphatic rings. The number of pyridine rings is 1.